The normalized spacial score (nSPS) is 15.4. The minimum Gasteiger partial charge on any atom is -0.357 e. The maximum absolute atomic E-state index is 10.9. The SMILES string of the molecule is CNc1nc(NCCS(N)(=O)=O)nc(N2CCCC2)n1. The number of hydrogen-bond acceptors (Lipinski definition) is 8. The molecule has 2 heterocycles. The monoisotopic (exact) mass is 301 g/mol. The van der Waals surface area contributed by atoms with Gasteiger partial charge in [-0.3, -0.25) is 0 Å². The van der Waals surface area contributed by atoms with Crippen LogP contribution in [0.25, 0.3) is 0 Å². The fraction of sp³-hybridized carbons (Fsp3) is 0.700. The molecule has 0 bridgehead atoms. The first-order chi connectivity index (χ1) is 9.48. The van der Waals surface area contributed by atoms with E-state index >= 15 is 0 Å². The lowest BCUT2D eigenvalue weighted by atomic mass is 10.4. The molecule has 0 spiro atoms. The second-order valence-electron chi connectivity index (χ2n) is 4.52. The highest BCUT2D eigenvalue weighted by Crippen LogP contribution is 2.18. The lowest BCUT2D eigenvalue weighted by molar-refractivity contribution is 0.598. The highest BCUT2D eigenvalue weighted by atomic mass is 32.2. The van der Waals surface area contributed by atoms with Crippen LogP contribution < -0.4 is 20.7 Å². The Labute approximate surface area is 118 Å². The molecule has 2 rings (SSSR count). The quantitative estimate of drug-likeness (QED) is 0.624. The number of anilines is 3. The van der Waals surface area contributed by atoms with E-state index in [1.807, 2.05) is 0 Å². The Balaban J connectivity index is 2.09. The zero-order chi connectivity index (χ0) is 14.6. The maximum Gasteiger partial charge on any atom is 0.231 e. The van der Waals surface area contributed by atoms with Gasteiger partial charge in [-0.1, -0.05) is 0 Å². The summed E-state index contributed by atoms with van der Waals surface area (Å²) in [5.41, 5.74) is 0. The van der Waals surface area contributed by atoms with Crippen LogP contribution in [0.4, 0.5) is 17.8 Å². The van der Waals surface area contributed by atoms with E-state index in [-0.39, 0.29) is 12.3 Å². The lowest BCUT2D eigenvalue weighted by Gasteiger charge is -2.16. The third-order valence-electron chi connectivity index (χ3n) is 2.91. The van der Waals surface area contributed by atoms with Crippen molar-refractivity contribution in [2.24, 2.45) is 5.14 Å². The van der Waals surface area contributed by atoms with E-state index in [1.165, 1.54) is 0 Å². The molecule has 0 unspecified atom stereocenters. The highest BCUT2D eigenvalue weighted by molar-refractivity contribution is 7.89. The molecule has 20 heavy (non-hydrogen) atoms. The number of nitrogens with two attached hydrogens (primary N) is 1. The van der Waals surface area contributed by atoms with Crippen molar-refractivity contribution in [3.8, 4) is 0 Å². The predicted octanol–water partition coefficient (Wildman–Crippen LogP) is -0.786. The second-order valence-corrected chi connectivity index (χ2v) is 6.25. The van der Waals surface area contributed by atoms with Gasteiger partial charge in [-0.25, -0.2) is 13.6 Å². The summed E-state index contributed by atoms with van der Waals surface area (Å²) in [5, 5.41) is 10.7. The summed E-state index contributed by atoms with van der Waals surface area (Å²) < 4.78 is 21.8. The van der Waals surface area contributed by atoms with Gasteiger partial charge in [-0.05, 0) is 12.8 Å². The van der Waals surface area contributed by atoms with E-state index in [1.54, 1.807) is 7.05 Å². The van der Waals surface area contributed by atoms with E-state index in [0.717, 1.165) is 25.9 Å². The molecule has 1 aromatic heterocycles. The number of aromatic nitrogens is 3. The molecule has 0 atom stereocenters. The Kier molecular flexibility index (Phi) is 4.55. The van der Waals surface area contributed by atoms with Gasteiger partial charge in [-0.2, -0.15) is 15.0 Å². The van der Waals surface area contributed by atoms with E-state index in [0.29, 0.717) is 17.8 Å². The Morgan fingerprint density at radius 3 is 2.45 bits per heavy atom. The van der Waals surface area contributed by atoms with E-state index in [4.69, 9.17) is 5.14 Å². The van der Waals surface area contributed by atoms with Crippen LogP contribution in [-0.2, 0) is 10.0 Å². The molecule has 1 aliphatic heterocycles. The summed E-state index contributed by atoms with van der Waals surface area (Å²) in [4.78, 5) is 14.8. The first-order valence-electron chi connectivity index (χ1n) is 6.41. The van der Waals surface area contributed by atoms with Gasteiger partial charge in [-0.15, -0.1) is 0 Å². The van der Waals surface area contributed by atoms with Gasteiger partial charge in [0.1, 0.15) is 0 Å². The number of hydrogen-bond donors (Lipinski definition) is 3. The van der Waals surface area contributed by atoms with Gasteiger partial charge in [0.05, 0.1) is 5.75 Å². The zero-order valence-electron chi connectivity index (χ0n) is 11.3. The summed E-state index contributed by atoms with van der Waals surface area (Å²) in [6.07, 6.45) is 2.24. The zero-order valence-corrected chi connectivity index (χ0v) is 12.2. The molecular formula is C10H19N7O2S. The molecule has 0 radical (unpaired) electrons. The van der Waals surface area contributed by atoms with Crippen molar-refractivity contribution < 1.29 is 8.42 Å². The smallest absolute Gasteiger partial charge is 0.231 e. The van der Waals surface area contributed by atoms with Crippen LogP contribution in [0.15, 0.2) is 0 Å². The third-order valence-corrected chi connectivity index (χ3v) is 3.68. The first kappa shape index (κ1) is 14.7. The Morgan fingerprint density at radius 2 is 1.85 bits per heavy atom. The molecular weight excluding hydrogens is 282 g/mol. The number of sulfonamides is 1. The van der Waals surface area contributed by atoms with Gasteiger partial charge in [0.15, 0.2) is 0 Å². The molecule has 1 aromatic rings. The Bertz CT molecular complexity index is 557. The van der Waals surface area contributed by atoms with Crippen LogP contribution in [-0.4, -0.2) is 55.8 Å². The summed E-state index contributed by atoms with van der Waals surface area (Å²) in [5.74, 6) is 1.21. The predicted molar refractivity (Wildman–Crippen MR) is 77.3 cm³/mol. The molecule has 112 valence electrons. The fourth-order valence-electron chi connectivity index (χ4n) is 1.92. The molecule has 1 aliphatic rings. The van der Waals surface area contributed by atoms with Gasteiger partial charge >= 0.3 is 0 Å². The average molecular weight is 301 g/mol. The number of nitrogens with one attached hydrogen (secondary N) is 2. The van der Waals surface area contributed by atoms with Crippen LogP contribution in [0.1, 0.15) is 12.8 Å². The van der Waals surface area contributed by atoms with Gasteiger partial charge in [0.2, 0.25) is 27.9 Å². The largest absolute Gasteiger partial charge is 0.357 e. The topological polar surface area (TPSA) is 126 Å². The molecule has 0 aliphatic carbocycles. The molecule has 1 saturated heterocycles. The molecule has 1 fully saturated rings. The van der Waals surface area contributed by atoms with Crippen molar-refractivity contribution in [3.05, 3.63) is 0 Å². The fourth-order valence-corrected chi connectivity index (χ4v) is 2.31. The van der Waals surface area contributed by atoms with Crippen molar-refractivity contribution in [2.45, 2.75) is 12.8 Å². The lowest BCUT2D eigenvalue weighted by Crippen LogP contribution is -2.25. The van der Waals surface area contributed by atoms with Crippen molar-refractivity contribution in [2.75, 3.05) is 48.0 Å². The highest BCUT2D eigenvalue weighted by Gasteiger charge is 2.17. The van der Waals surface area contributed by atoms with Gasteiger partial charge in [0.25, 0.3) is 0 Å². The number of rotatable bonds is 6. The Hall–Kier alpha value is -1.68. The molecule has 0 aromatic carbocycles. The molecule has 0 saturated carbocycles. The molecule has 9 nitrogen and oxygen atoms in total. The van der Waals surface area contributed by atoms with Crippen LogP contribution in [0, 0.1) is 0 Å². The van der Waals surface area contributed by atoms with Crippen LogP contribution in [0.5, 0.6) is 0 Å². The minimum absolute atomic E-state index is 0.158. The summed E-state index contributed by atoms with van der Waals surface area (Å²) >= 11 is 0. The standard InChI is InChI=1S/C10H19N7O2S/c1-12-8-14-9(13-4-7-20(11,18)19)16-10(15-8)17-5-2-3-6-17/h2-7H2,1H3,(H2,11,18,19)(H2,12,13,14,15,16). The van der Waals surface area contributed by atoms with Crippen molar-refractivity contribution in [1.29, 1.82) is 0 Å². The van der Waals surface area contributed by atoms with E-state index in [9.17, 15) is 8.42 Å². The van der Waals surface area contributed by atoms with Crippen LogP contribution in [0.3, 0.4) is 0 Å². The summed E-state index contributed by atoms with van der Waals surface area (Å²) in [7, 11) is -1.78. The number of primary sulfonamides is 1. The third kappa shape index (κ3) is 4.17. The number of nitrogens with zero attached hydrogens (tertiary/aromatic N) is 4. The second kappa shape index (κ2) is 6.18. The van der Waals surface area contributed by atoms with Crippen molar-refractivity contribution >= 4 is 27.9 Å². The Morgan fingerprint density at radius 1 is 1.20 bits per heavy atom. The van der Waals surface area contributed by atoms with Crippen LogP contribution >= 0.6 is 0 Å². The average Bonchev–Trinajstić information content (AvgIpc) is 2.90. The molecule has 0 amide bonds. The van der Waals surface area contributed by atoms with Crippen molar-refractivity contribution in [1.82, 2.24) is 15.0 Å². The van der Waals surface area contributed by atoms with Crippen LogP contribution in [0.2, 0.25) is 0 Å². The minimum atomic E-state index is -3.50. The first-order valence-corrected chi connectivity index (χ1v) is 8.12. The summed E-state index contributed by atoms with van der Waals surface area (Å²) in [6, 6.07) is 0. The van der Waals surface area contributed by atoms with Gasteiger partial charge < -0.3 is 15.5 Å². The molecule has 10 heteroatoms. The maximum atomic E-state index is 10.9. The molecule has 4 N–H and O–H groups in total. The van der Waals surface area contributed by atoms with E-state index in [2.05, 4.69) is 30.5 Å². The van der Waals surface area contributed by atoms with Gasteiger partial charge in [0, 0.05) is 26.7 Å². The summed E-state index contributed by atoms with van der Waals surface area (Å²) in [6.45, 7) is 2.00. The van der Waals surface area contributed by atoms with Crippen molar-refractivity contribution in [3.63, 3.8) is 0 Å². The van der Waals surface area contributed by atoms with E-state index < -0.39 is 10.0 Å².